The minimum Gasteiger partial charge on any atom is -0.463 e. The van der Waals surface area contributed by atoms with Crippen LogP contribution in [0.25, 0.3) is 22.7 Å². The van der Waals surface area contributed by atoms with E-state index in [0.29, 0.717) is 32.7 Å². The van der Waals surface area contributed by atoms with Crippen LogP contribution in [0.15, 0.2) is 118 Å². The van der Waals surface area contributed by atoms with E-state index in [1.165, 1.54) is 40.2 Å². The van der Waals surface area contributed by atoms with Gasteiger partial charge in [0, 0.05) is 34.3 Å². The van der Waals surface area contributed by atoms with Crippen LogP contribution < -0.4 is 14.9 Å². The summed E-state index contributed by atoms with van der Waals surface area (Å²) in [6, 6.07) is 28.6. The Kier molecular flexibility index (Phi) is 7.99. The zero-order chi connectivity index (χ0) is 32.7. The maximum Gasteiger partial charge on any atom is 0.338 e. The van der Waals surface area contributed by atoms with Gasteiger partial charge in [0.05, 0.1) is 28.5 Å². The van der Waals surface area contributed by atoms with Crippen LogP contribution in [-0.2, 0) is 16.1 Å². The summed E-state index contributed by atoms with van der Waals surface area (Å²) in [6.45, 7) is 4.37. The molecule has 9 heteroatoms. The molecular formula is C38H29F2N3O3S. The Morgan fingerprint density at radius 2 is 1.57 bits per heavy atom. The predicted molar refractivity (Wildman–Crippen MR) is 180 cm³/mol. The fraction of sp³-hybridized carbons (Fsp3) is 0.132. The van der Waals surface area contributed by atoms with Crippen LogP contribution in [0.3, 0.4) is 0 Å². The lowest BCUT2D eigenvalue weighted by molar-refractivity contribution is -0.138. The van der Waals surface area contributed by atoms with Crippen molar-refractivity contribution in [2.45, 2.75) is 26.4 Å². The molecule has 1 aliphatic heterocycles. The minimum absolute atomic E-state index is 0.131. The van der Waals surface area contributed by atoms with Crippen molar-refractivity contribution in [1.29, 1.82) is 0 Å². The van der Waals surface area contributed by atoms with E-state index in [9.17, 15) is 18.4 Å². The molecule has 0 fully saturated rings. The summed E-state index contributed by atoms with van der Waals surface area (Å²) in [5.74, 6) is -1.32. The number of hydrogen-bond donors (Lipinski definition) is 0. The van der Waals surface area contributed by atoms with Gasteiger partial charge in [0.1, 0.15) is 11.6 Å². The SMILES string of the molecule is CCOC(=O)C1=C(c2ccccc2)N=c2s/c(=C\c3c(C)n(Cc4ccc(F)cc4)c4ccccc34)c(=O)n2[C@@H]1c1ccc(F)cc1. The van der Waals surface area contributed by atoms with E-state index in [0.717, 1.165) is 27.7 Å². The molecule has 0 bridgehead atoms. The summed E-state index contributed by atoms with van der Waals surface area (Å²) in [4.78, 5) is 33.4. The second-order valence-electron chi connectivity index (χ2n) is 11.2. The maximum atomic E-state index is 14.4. The lowest BCUT2D eigenvalue weighted by atomic mass is 9.93. The molecule has 2 aromatic heterocycles. The third-order valence-corrected chi connectivity index (χ3v) is 9.35. The number of carbonyl (C=O) groups is 1. The molecule has 3 heterocycles. The van der Waals surface area contributed by atoms with Crippen molar-refractivity contribution >= 4 is 40.0 Å². The van der Waals surface area contributed by atoms with Crippen LogP contribution in [0.5, 0.6) is 0 Å². The van der Waals surface area contributed by atoms with E-state index < -0.39 is 17.8 Å². The lowest BCUT2D eigenvalue weighted by Gasteiger charge is -2.25. The molecule has 6 nitrogen and oxygen atoms in total. The molecule has 0 saturated heterocycles. The number of rotatable bonds is 7. The average molecular weight is 646 g/mol. The van der Waals surface area contributed by atoms with E-state index in [-0.39, 0.29) is 23.6 Å². The van der Waals surface area contributed by atoms with Gasteiger partial charge in [-0.1, -0.05) is 84.1 Å². The topological polar surface area (TPSA) is 65.6 Å². The summed E-state index contributed by atoms with van der Waals surface area (Å²) < 4.78 is 37.3. The van der Waals surface area contributed by atoms with E-state index in [1.54, 1.807) is 31.2 Å². The highest BCUT2D eigenvalue weighted by molar-refractivity contribution is 7.07. The molecule has 47 heavy (non-hydrogen) atoms. The first-order valence-corrected chi connectivity index (χ1v) is 16.0. The second kappa shape index (κ2) is 12.4. The summed E-state index contributed by atoms with van der Waals surface area (Å²) >= 11 is 1.23. The fourth-order valence-corrected chi connectivity index (χ4v) is 7.13. The van der Waals surface area contributed by atoms with Gasteiger partial charge < -0.3 is 9.30 Å². The first-order chi connectivity index (χ1) is 22.8. The molecule has 234 valence electrons. The van der Waals surface area contributed by atoms with Gasteiger partial charge in [-0.2, -0.15) is 0 Å². The van der Waals surface area contributed by atoms with Gasteiger partial charge >= 0.3 is 5.97 Å². The molecule has 0 aliphatic carbocycles. The molecule has 0 spiro atoms. The molecule has 6 aromatic rings. The van der Waals surface area contributed by atoms with Crippen molar-refractivity contribution in [3.8, 4) is 0 Å². The number of para-hydroxylation sites is 1. The number of fused-ring (bicyclic) bond motifs is 2. The van der Waals surface area contributed by atoms with Crippen molar-refractivity contribution in [3.05, 3.63) is 168 Å². The molecule has 0 radical (unpaired) electrons. The van der Waals surface area contributed by atoms with Gasteiger partial charge in [-0.15, -0.1) is 0 Å². The number of esters is 1. The Labute approximate surface area is 272 Å². The van der Waals surface area contributed by atoms with Crippen molar-refractivity contribution in [2.75, 3.05) is 6.61 Å². The summed E-state index contributed by atoms with van der Waals surface area (Å²) in [7, 11) is 0. The van der Waals surface area contributed by atoms with Crippen LogP contribution >= 0.6 is 11.3 Å². The summed E-state index contributed by atoms with van der Waals surface area (Å²) in [5.41, 5.74) is 5.26. The van der Waals surface area contributed by atoms with Gasteiger partial charge in [0.2, 0.25) is 0 Å². The number of thiazole rings is 1. The Balaban J connectivity index is 1.47. The molecule has 0 unspecified atom stereocenters. The van der Waals surface area contributed by atoms with E-state index >= 15 is 0 Å². The number of aromatic nitrogens is 2. The van der Waals surface area contributed by atoms with E-state index in [2.05, 4.69) is 4.57 Å². The molecule has 7 rings (SSSR count). The molecule has 1 atom stereocenters. The first-order valence-electron chi connectivity index (χ1n) is 15.2. The average Bonchev–Trinajstić information content (AvgIpc) is 3.54. The quantitative estimate of drug-likeness (QED) is 0.186. The zero-order valence-corrected chi connectivity index (χ0v) is 26.4. The number of nitrogens with zero attached hydrogens (tertiary/aromatic N) is 3. The first kappa shape index (κ1) is 30.3. The third-order valence-electron chi connectivity index (χ3n) is 8.37. The molecule has 4 aromatic carbocycles. The standard InChI is InChI=1S/C38H29F2N3O3S/c1-3-46-37(45)33-34(25-9-5-4-6-10-25)41-38-43(35(33)26-15-19-28(40)20-16-26)36(44)32(47-38)21-30-23(2)42(31-12-8-7-11-29(30)31)22-24-13-17-27(39)18-14-24/h4-21,35H,3,22H2,1-2H3/b32-21-/t35-/m1/s1. The Morgan fingerprint density at radius 3 is 2.28 bits per heavy atom. The second-order valence-corrected chi connectivity index (χ2v) is 12.2. The van der Waals surface area contributed by atoms with Crippen molar-refractivity contribution in [2.24, 2.45) is 4.99 Å². The van der Waals surface area contributed by atoms with E-state index in [1.807, 2.05) is 67.6 Å². The number of hydrogen-bond acceptors (Lipinski definition) is 5. The van der Waals surface area contributed by atoms with Crippen LogP contribution in [0.1, 0.15) is 40.9 Å². The van der Waals surface area contributed by atoms with Gasteiger partial charge in [-0.25, -0.2) is 18.6 Å². The van der Waals surface area contributed by atoms with Crippen LogP contribution in [0, 0.1) is 18.6 Å². The van der Waals surface area contributed by atoms with Crippen molar-refractivity contribution < 1.29 is 18.3 Å². The Bertz CT molecular complexity index is 2350. The molecular weight excluding hydrogens is 616 g/mol. The largest absolute Gasteiger partial charge is 0.463 e. The van der Waals surface area contributed by atoms with Crippen molar-refractivity contribution in [1.82, 2.24) is 9.13 Å². The van der Waals surface area contributed by atoms with Crippen LogP contribution in [-0.4, -0.2) is 21.7 Å². The monoisotopic (exact) mass is 645 g/mol. The van der Waals surface area contributed by atoms with Gasteiger partial charge in [-0.05, 0) is 61.4 Å². The highest BCUT2D eigenvalue weighted by atomic mass is 32.1. The number of halogens is 2. The molecule has 1 aliphatic rings. The van der Waals surface area contributed by atoms with Gasteiger partial charge in [-0.3, -0.25) is 9.36 Å². The number of ether oxygens (including phenoxy) is 1. The predicted octanol–water partition coefficient (Wildman–Crippen LogP) is 6.53. The smallest absolute Gasteiger partial charge is 0.338 e. The lowest BCUT2D eigenvalue weighted by Crippen LogP contribution is -2.40. The zero-order valence-electron chi connectivity index (χ0n) is 25.6. The third kappa shape index (κ3) is 5.53. The molecule has 0 saturated carbocycles. The highest BCUT2D eigenvalue weighted by Gasteiger charge is 2.35. The summed E-state index contributed by atoms with van der Waals surface area (Å²) in [6.07, 6.45) is 1.88. The fourth-order valence-electron chi connectivity index (χ4n) is 6.15. The maximum absolute atomic E-state index is 14.4. The van der Waals surface area contributed by atoms with Gasteiger partial charge in [0.15, 0.2) is 4.80 Å². The molecule has 0 N–H and O–H groups in total. The normalized spacial score (nSPS) is 14.7. The van der Waals surface area contributed by atoms with E-state index in [4.69, 9.17) is 9.73 Å². The van der Waals surface area contributed by atoms with Gasteiger partial charge in [0.25, 0.3) is 5.56 Å². The van der Waals surface area contributed by atoms with Crippen LogP contribution in [0.2, 0.25) is 0 Å². The van der Waals surface area contributed by atoms with Crippen molar-refractivity contribution in [3.63, 3.8) is 0 Å². The number of carbonyl (C=O) groups excluding carboxylic acids is 1. The Hall–Kier alpha value is -5.41. The summed E-state index contributed by atoms with van der Waals surface area (Å²) in [5, 5.41) is 0.963. The minimum atomic E-state index is -0.899. The van der Waals surface area contributed by atoms with Crippen LogP contribution in [0.4, 0.5) is 8.78 Å². The Morgan fingerprint density at radius 1 is 0.915 bits per heavy atom. The highest BCUT2D eigenvalue weighted by Crippen LogP contribution is 2.35. The molecule has 0 amide bonds. The number of benzene rings is 4.